The maximum Gasteiger partial charge on any atom is 0.278 e. The molecule has 0 aromatic carbocycles. The van der Waals surface area contributed by atoms with Crippen molar-refractivity contribution in [1.82, 2.24) is 14.3 Å². The average Bonchev–Trinajstić information content (AvgIpc) is 2.56. The smallest absolute Gasteiger partial charge is 0.278 e. The molecule has 1 rings (SSSR count). The van der Waals surface area contributed by atoms with Crippen LogP contribution in [-0.2, 0) is 10.2 Å². The van der Waals surface area contributed by atoms with E-state index in [4.69, 9.17) is 0 Å². The van der Waals surface area contributed by atoms with Crippen LogP contribution in [0, 0.1) is 0 Å². The number of hydrogen-bond acceptors (Lipinski definition) is 3. The third-order valence-electron chi connectivity index (χ3n) is 2.42. The van der Waals surface area contributed by atoms with Crippen molar-refractivity contribution in [3.05, 3.63) is 0 Å². The SMILES string of the molecule is CN(C)S(=O)(=O)NCC[C@@H]1CCCN1. The number of nitrogens with one attached hydrogen (secondary N) is 2. The molecule has 6 heteroatoms. The standard InChI is InChI=1S/C8H19N3O2S/c1-11(2)14(12,13)10-7-5-8-4-3-6-9-8/h8-10H,3-7H2,1-2H3/t8-/m0/s1. The molecule has 1 heterocycles. The molecule has 0 saturated carbocycles. The average molecular weight is 221 g/mol. The molecule has 0 bridgehead atoms. The molecule has 0 spiro atoms. The maximum atomic E-state index is 11.3. The molecule has 2 N–H and O–H groups in total. The topological polar surface area (TPSA) is 61.4 Å². The molecule has 1 aliphatic rings. The number of hydrogen-bond donors (Lipinski definition) is 2. The quantitative estimate of drug-likeness (QED) is 0.659. The van der Waals surface area contributed by atoms with Crippen molar-refractivity contribution in [2.24, 2.45) is 0 Å². The van der Waals surface area contributed by atoms with Gasteiger partial charge in [0, 0.05) is 26.7 Å². The van der Waals surface area contributed by atoms with Crippen molar-refractivity contribution < 1.29 is 8.42 Å². The Bertz CT molecular complexity index is 258. The zero-order valence-corrected chi connectivity index (χ0v) is 9.60. The van der Waals surface area contributed by atoms with Gasteiger partial charge in [-0.2, -0.15) is 12.7 Å². The summed E-state index contributed by atoms with van der Waals surface area (Å²) in [6.45, 7) is 1.57. The molecular weight excluding hydrogens is 202 g/mol. The highest BCUT2D eigenvalue weighted by atomic mass is 32.2. The van der Waals surface area contributed by atoms with Gasteiger partial charge >= 0.3 is 0 Å². The highest BCUT2D eigenvalue weighted by Gasteiger charge is 2.16. The van der Waals surface area contributed by atoms with E-state index in [-0.39, 0.29) is 0 Å². The molecule has 0 amide bonds. The summed E-state index contributed by atoms with van der Waals surface area (Å²) in [5.74, 6) is 0. The minimum atomic E-state index is -3.23. The van der Waals surface area contributed by atoms with Crippen LogP contribution >= 0.6 is 0 Å². The van der Waals surface area contributed by atoms with Gasteiger partial charge in [0.1, 0.15) is 0 Å². The Balaban J connectivity index is 2.20. The van der Waals surface area contributed by atoms with Crippen molar-refractivity contribution in [3.63, 3.8) is 0 Å². The Morgan fingerprint density at radius 1 is 1.50 bits per heavy atom. The largest absolute Gasteiger partial charge is 0.314 e. The van der Waals surface area contributed by atoms with Gasteiger partial charge in [-0.15, -0.1) is 0 Å². The van der Waals surface area contributed by atoms with E-state index in [1.165, 1.54) is 24.8 Å². The molecule has 0 aromatic heterocycles. The van der Waals surface area contributed by atoms with Crippen LogP contribution in [0.3, 0.4) is 0 Å². The second-order valence-electron chi connectivity index (χ2n) is 3.76. The summed E-state index contributed by atoms with van der Waals surface area (Å²) in [7, 11) is -0.186. The third kappa shape index (κ3) is 3.53. The summed E-state index contributed by atoms with van der Waals surface area (Å²) >= 11 is 0. The van der Waals surface area contributed by atoms with E-state index in [0.717, 1.165) is 19.4 Å². The summed E-state index contributed by atoms with van der Waals surface area (Å²) in [5, 5.41) is 3.32. The first-order valence-corrected chi connectivity index (χ1v) is 6.37. The van der Waals surface area contributed by atoms with Gasteiger partial charge in [-0.05, 0) is 25.8 Å². The lowest BCUT2D eigenvalue weighted by atomic mass is 10.2. The summed E-state index contributed by atoms with van der Waals surface area (Å²) in [4.78, 5) is 0. The van der Waals surface area contributed by atoms with E-state index >= 15 is 0 Å². The van der Waals surface area contributed by atoms with Crippen LogP contribution in [0.1, 0.15) is 19.3 Å². The Labute approximate surface area is 86.0 Å². The summed E-state index contributed by atoms with van der Waals surface area (Å²) in [5.41, 5.74) is 0. The summed E-state index contributed by atoms with van der Waals surface area (Å²) in [6, 6.07) is 0.486. The molecular formula is C8H19N3O2S. The zero-order chi connectivity index (χ0) is 10.6. The minimum absolute atomic E-state index is 0.486. The van der Waals surface area contributed by atoms with E-state index in [0.29, 0.717) is 12.6 Å². The van der Waals surface area contributed by atoms with Crippen molar-refractivity contribution in [2.45, 2.75) is 25.3 Å². The molecule has 0 aromatic rings. The molecule has 5 nitrogen and oxygen atoms in total. The first-order chi connectivity index (χ1) is 6.52. The zero-order valence-electron chi connectivity index (χ0n) is 8.78. The third-order valence-corrected chi connectivity index (χ3v) is 3.95. The maximum absolute atomic E-state index is 11.3. The van der Waals surface area contributed by atoms with Gasteiger partial charge in [-0.1, -0.05) is 0 Å². The van der Waals surface area contributed by atoms with E-state index in [2.05, 4.69) is 10.0 Å². The van der Waals surface area contributed by atoms with Crippen LogP contribution in [0.25, 0.3) is 0 Å². The van der Waals surface area contributed by atoms with E-state index in [1.54, 1.807) is 0 Å². The molecule has 0 unspecified atom stereocenters. The first kappa shape index (κ1) is 11.9. The Hall–Kier alpha value is -0.170. The van der Waals surface area contributed by atoms with Crippen molar-refractivity contribution in [2.75, 3.05) is 27.2 Å². The predicted molar refractivity (Wildman–Crippen MR) is 56.3 cm³/mol. The van der Waals surface area contributed by atoms with E-state index in [1.807, 2.05) is 0 Å². The molecule has 1 fully saturated rings. The highest BCUT2D eigenvalue weighted by molar-refractivity contribution is 7.87. The summed E-state index contributed by atoms with van der Waals surface area (Å²) in [6.07, 6.45) is 3.22. The molecule has 84 valence electrons. The fourth-order valence-electron chi connectivity index (χ4n) is 1.49. The molecule has 1 atom stereocenters. The number of rotatable bonds is 5. The predicted octanol–water partition coefficient (Wildman–Crippen LogP) is -0.475. The lowest BCUT2D eigenvalue weighted by Crippen LogP contribution is -2.38. The Kier molecular flexibility index (Phi) is 4.31. The van der Waals surface area contributed by atoms with Crippen LogP contribution in [0.5, 0.6) is 0 Å². The molecule has 14 heavy (non-hydrogen) atoms. The Morgan fingerprint density at radius 2 is 2.21 bits per heavy atom. The highest BCUT2D eigenvalue weighted by Crippen LogP contribution is 2.07. The van der Waals surface area contributed by atoms with E-state index < -0.39 is 10.2 Å². The van der Waals surface area contributed by atoms with Gasteiger partial charge < -0.3 is 5.32 Å². The monoisotopic (exact) mass is 221 g/mol. The molecule has 1 saturated heterocycles. The second-order valence-corrected chi connectivity index (χ2v) is 5.73. The van der Waals surface area contributed by atoms with Gasteiger partial charge in [0.05, 0.1) is 0 Å². The minimum Gasteiger partial charge on any atom is -0.314 e. The Morgan fingerprint density at radius 3 is 2.71 bits per heavy atom. The fraction of sp³-hybridized carbons (Fsp3) is 1.00. The van der Waals surface area contributed by atoms with Crippen LogP contribution in [0.4, 0.5) is 0 Å². The first-order valence-electron chi connectivity index (χ1n) is 4.93. The van der Waals surface area contributed by atoms with Gasteiger partial charge in [-0.25, -0.2) is 4.72 Å². The van der Waals surface area contributed by atoms with Crippen LogP contribution < -0.4 is 10.0 Å². The van der Waals surface area contributed by atoms with E-state index in [9.17, 15) is 8.42 Å². The number of nitrogens with zero attached hydrogens (tertiary/aromatic N) is 1. The van der Waals surface area contributed by atoms with Gasteiger partial charge in [0.25, 0.3) is 10.2 Å². The van der Waals surface area contributed by atoms with Gasteiger partial charge in [0.2, 0.25) is 0 Å². The van der Waals surface area contributed by atoms with Crippen LogP contribution in [-0.4, -0.2) is 45.9 Å². The lowest BCUT2D eigenvalue weighted by Gasteiger charge is -2.14. The van der Waals surface area contributed by atoms with Gasteiger partial charge in [-0.3, -0.25) is 0 Å². The lowest BCUT2D eigenvalue weighted by molar-refractivity contribution is 0.493. The van der Waals surface area contributed by atoms with Crippen molar-refractivity contribution in [3.8, 4) is 0 Å². The van der Waals surface area contributed by atoms with Crippen LogP contribution in [0.15, 0.2) is 0 Å². The molecule has 1 aliphatic heterocycles. The van der Waals surface area contributed by atoms with Crippen molar-refractivity contribution >= 4 is 10.2 Å². The fourth-order valence-corrected chi connectivity index (χ4v) is 2.13. The van der Waals surface area contributed by atoms with Crippen LogP contribution in [0.2, 0.25) is 0 Å². The molecule has 0 radical (unpaired) electrons. The summed E-state index contributed by atoms with van der Waals surface area (Å²) < 4.78 is 26.3. The second kappa shape index (κ2) is 5.06. The van der Waals surface area contributed by atoms with Gasteiger partial charge in [0.15, 0.2) is 0 Å². The van der Waals surface area contributed by atoms with Crippen molar-refractivity contribution in [1.29, 1.82) is 0 Å². The molecule has 0 aliphatic carbocycles. The normalized spacial score (nSPS) is 23.2.